The Morgan fingerprint density at radius 2 is 1.89 bits per heavy atom. The third-order valence-electron chi connectivity index (χ3n) is 4.02. The van der Waals surface area contributed by atoms with Crippen molar-refractivity contribution in [1.29, 1.82) is 0 Å². The average Bonchev–Trinajstić information content (AvgIpc) is 2.66. The standard InChI is InChI=1S/C17H25N3O6S/c1-13-4-6-14(7-5-13)27(23,24)20-9-3-10-26-15(20)12-19-17(22)16(21)18-8-11-25-2/h4-7,15H,3,8-12H2,1-2H3,(H,18,21)(H,19,22)/t15-/m1/s1. The van der Waals surface area contributed by atoms with Crippen molar-refractivity contribution in [3.8, 4) is 0 Å². The van der Waals surface area contributed by atoms with Gasteiger partial charge >= 0.3 is 11.8 Å². The number of benzene rings is 1. The van der Waals surface area contributed by atoms with Crippen molar-refractivity contribution in [2.75, 3.05) is 40.0 Å². The molecule has 1 aliphatic rings. The zero-order valence-corrected chi connectivity index (χ0v) is 16.3. The first-order valence-corrected chi connectivity index (χ1v) is 10.1. The van der Waals surface area contributed by atoms with Gasteiger partial charge in [-0.05, 0) is 25.5 Å². The minimum atomic E-state index is -3.77. The Bertz CT molecular complexity index is 750. The van der Waals surface area contributed by atoms with E-state index in [4.69, 9.17) is 9.47 Å². The van der Waals surface area contributed by atoms with Gasteiger partial charge in [0, 0.05) is 20.2 Å². The van der Waals surface area contributed by atoms with Crippen LogP contribution in [0.1, 0.15) is 12.0 Å². The summed E-state index contributed by atoms with van der Waals surface area (Å²) in [6, 6.07) is 6.52. The van der Waals surface area contributed by atoms with Gasteiger partial charge in [0.2, 0.25) is 10.0 Å². The van der Waals surface area contributed by atoms with E-state index in [0.29, 0.717) is 13.0 Å². The molecule has 2 rings (SSSR count). The summed E-state index contributed by atoms with van der Waals surface area (Å²) in [6.07, 6.45) is -0.326. The van der Waals surface area contributed by atoms with Crippen LogP contribution in [-0.4, -0.2) is 70.7 Å². The molecule has 0 saturated carbocycles. The molecule has 2 amide bonds. The number of rotatable bonds is 7. The number of ether oxygens (including phenoxy) is 2. The van der Waals surface area contributed by atoms with Crippen molar-refractivity contribution >= 4 is 21.8 Å². The Morgan fingerprint density at radius 1 is 1.22 bits per heavy atom. The monoisotopic (exact) mass is 399 g/mol. The van der Waals surface area contributed by atoms with Gasteiger partial charge in [0.1, 0.15) is 6.23 Å². The molecule has 1 saturated heterocycles. The van der Waals surface area contributed by atoms with Crippen LogP contribution in [0, 0.1) is 6.92 Å². The lowest BCUT2D eigenvalue weighted by Crippen LogP contribution is -2.53. The number of hydrogen-bond donors (Lipinski definition) is 2. The van der Waals surface area contributed by atoms with Crippen LogP contribution in [0.2, 0.25) is 0 Å². The number of carbonyl (C=O) groups excluding carboxylic acids is 2. The Kier molecular flexibility index (Phi) is 7.72. The van der Waals surface area contributed by atoms with Gasteiger partial charge in [-0.2, -0.15) is 4.31 Å². The summed E-state index contributed by atoms with van der Waals surface area (Å²) < 4.78 is 37.3. The molecule has 0 spiro atoms. The third-order valence-corrected chi connectivity index (χ3v) is 5.92. The van der Waals surface area contributed by atoms with Crippen molar-refractivity contribution in [1.82, 2.24) is 14.9 Å². The van der Waals surface area contributed by atoms with E-state index in [0.717, 1.165) is 5.56 Å². The molecule has 9 nitrogen and oxygen atoms in total. The van der Waals surface area contributed by atoms with E-state index >= 15 is 0 Å². The van der Waals surface area contributed by atoms with E-state index in [-0.39, 0.29) is 31.1 Å². The zero-order chi connectivity index (χ0) is 19.9. The topological polar surface area (TPSA) is 114 Å². The van der Waals surface area contributed by atoms with Crippen LogP contribution in [0.5, 0.6) is 0 Å². The van der Waals surface area contributed by atoms with Crippen molar-refractivity contribution in [2.45, 2.75) is 24.5 Å². The van der Waals surface area contributed by atoms with Gasteiger partial charge in [0.15, 0.2) is 0 Å². The van der Waals surface area contributed by atoms with Crippen LogP contribution < -0.4 is 10.6 Å². The largest absolute Gasteiger partial charge is 0.383 e. The maximum atomic E-state index is 12.9. The Hall–Kier alpha value is -2.01. The summed E-state index contributed by atoms with van der Waals surface area (Å²) in [4.78, 5) is 23.7. The van der Waals surface area contributed by atoms with Crippen LogP contribution in [0.4, 0.5) is 0 Å². The van der Waals surface area contributed by atoms with Gasteiger partial charge in [0.25, 0.3) is 0 Å². The van der Waals surface area contributed by atoms with Crippen molar-refractivity contribution < 1.29 is 27.5 Å². The quantitative estimate of drug-likeness (QED) is 0.477. The maximum absolute atomic E-state index is 12.9. The molecule has 1 aromatic rings. The lowest BCUT2D eigenvalue weighted by atomic mass is 10.2. The Morgan fingerprint density at radius 3 is 2.56 bits per heavy atom. The second kappa shape index (κ2) is 9.79. The Labute approximate surface area is 159 Å². The number of aryl methyl sites for hydroxylation is 1. The van der Waals surface area contributed by atoms with E-state index in [1.165, 1.54) is 23.5 Å². The lowest BCUT2D eigenvalue weighted by molar-refractivity contribution is -0.140. The van der Waals surface area contributed by atoms with E-state index in [1.807, 2.05) is 6.92 Å². The molecule has 2 N–H and O–H groups in total. The number of hydrogen-bond acceptors (Lipinski definition) is 6. The maximum Gasteiger partial charge on any atom is 0.309 e. The highest BCUT2D eigenvalue weighted by Gasteiger charge is 2.34. The molecule has 0 radical (unpaired) electrons. The highest BCUT2D eigenvalue weighted by Crippen LogP contribution is 2.22. The van der Waals surface area contributed by atoms with E-state index in [2.05, 4.69) is 10.6 Å². The molecular weight excluding hydrogens is 374 g/mol. The van der Waals surface area contributed by atoms with Crippen molar-refractivity contribution in [3.05, 3.63) is 29.8 Å². The van der Waals surface area contributed by atoms with Crippen molar-refractivity contribution in [3.63, 3.8) is 0 Å². The molecule has 1 aromatic carbocycles. The fourth-order valence-corrected chi connectivity index (χ4v) is 4.12. The van der Waals surface area contributed by atoms with Gasteiger partial charge in [-0.3, -0.25) is 9.59 Å². The minimum Gasteiger partial charge on any atom is -0.383 e. The molecule has 0 aromatic heterocycles. The second-order valence-electron chi connectivity index (χ2n) is 6.07. The fourth-order valence-electron chi connectivity index (χ4n) is 2.56. The zero-order valence-electron chi connectivity index (χ0n) is 15.4. The van der Waals surface area contributed by atoms with E-state index in [9.17, 15) is 18.0 Å². The molecule has 1 aliphatic heterocycles. The van der Waals surface area contributed by atoms with Gasteiger partial charge in [-0.15, -0.1) is 0 Å². The molecule has 1 fully saturated rings. The van der Waals surface area contributed by atoms with E-state index < -0.39 is 28.1 Å². The predicted octanol–water partition coefficient (Wildman–Crippen LogP) is -0.389. The molecule has 1 heterocycles. The summed E-state index contributed by atoms with van der Waals surface area (Å²) in [5.74, 6) is -1.66. The molecule has 1 atom stereocenters. The molecule has 150 valence electrons. The van der Waals surface area contributed by atoms with Crippen LogP contribution in [-0.2, 0) is 29.1 Å². The predicted molar refractivity (Wildman–Crippen MR) is 97.3 cm³/mol. The van der Waals surface area contributed by atoms with Gasteiger partial charge in [0.05, 0.1) is 24.7 Å². The average molecular weight is 399 g/mol. The highest BCUT2D eigenvalue weighted by molar-refractivity contribution is 7.89. The molecule has 0 unspecified atom stereocenters. The first-order chi connectivity index (χ1) is 12.9. The van der Waals surface area contributed by atoms with Crippen LogP contribution >= 0.6 is 0 Å². The van der Waals surface area contributed by atoms with Crippen LogP contribution in [0.15, 0.2) is 29.2 Å². The first-order valence-electron chi connectivity index (χ1n) is 8.61. The summed E-state index contributed by atoms with van der Waals surface area (Å²) in [5.41, 5.74) is 0.951. The van der Waals surface area contributed by atoms with Gasteiger partial charge < -0.3 is 20.1 Å². The first kappa shape index (κ1) is 21.3. The smallest absolute Gasteiger partial charge is 0.309 e. The van der Waals surface area contributed by atoms with E-state index in [1.54, 1.807) is 12.1 Å². The van der Waals surface area contributed by atoms with Crippen LogP contribution in [0.25, 0.3) is 0 Å². The number of nitrogens with one attached hydrogen (secondary N) is 2. The molecule has 0 aliphatic carbocycles. The lowest BCUT2D eigenvalue weighted by Gasteiger charge is -2.34. The van der Waals surface area contributed by atoms with Gasteiger partial charge in [-0.1, -0.05) is 17.7 Å². The third kappa shape index (κ3) is 5.73. The number of amides is 2. The molecule has 10 heteroatoms. The molecule has 27 heavy (non-hydrogen) atoms. The fraction of sp³-hybridized carbons (Fsp3) is 0.529. The van der Waals surface area contributed by atoms with Crippen LogP contribution in [0.3, 0.4) is 0 Å². The Balaban J connectivity index is 2.01. The number of carbonyl (C=O) groups is 2. The number of nitrogens with zero attached hydrogens (tertiary/aromatic N) is 1. The normalized spacial score (nSPS) is 18.1. The molecular formula is C17H25N3O6S. The number of methoxy groups -OCH3 is 1. The summed E-state index contributed by atoms with van der Waals surface area (Å²) in [5, 5.41) is 4.81. The van der Waals surface area contributed by atoms with Gasteiger partial charge in [-0.25, -0.2) is 8.42 Å². The highest BCUT2D eigenvalue weighted by atomic mass is 32.2. The molecule has 0 bridgehead atoms. The summed E-state index contributed by atoms with van der Waals surface area (Å²) >= 11 is 0. The SMILES string of the molecule is COCCNC(=O)C(=O)NC[C@H]1OCCCN1S(=O)(=O)c1ccc(C)cc1. The minimum absolute atomic E-state index is 0.123. The summed E-state index contributed by atoms with van der Waals surface area (Å²) in [6.45, 7) is 2.89. The number of sulfonamides is 1. The van der Waals surface area contributed by atoms with Crippen molar-refractivity contribution in [2.24, 2.45) is 0 Å². The second-order valence-corrected chi connectivity index (χ2v) is 7.96. The summed E-state index contributed by atoms with van der Waals surface area (Å²) in [7, 11) is -2.29.